The number of aromatic nitrogens is 2. The van der Waals surface area contributed by atoms with Gasteiger partial charge in [0, 0.05) is 0 Å². The van der Waals surface area contributed by atoms with Gasteiger partial charge in [0.2, 0.25) is 0 Å². The minimum atomic E-state index is -1.19. The van der Waals surface area contributed by atoms with Crippen LogP contribution in [0.2, 0.25) is 10.0 Å². The van der Waals surface area contributed by atoms with E-state index >= 15 is 0 Å². The average molecular weight is 631 g/mol. The summed E-state index contributed by atoms with van der Waals surface area (Å²) in [6.45, 7) is -0.310. The van der Waals surface area contributed by atoms with E-state index in [1.54, 1.807) is 108 Å². The Bertz CT molecular complexity index is 1800. The number of ether oxygens (including phenoxy) is 4. The van der Waals surface area contributed by atoms with E-state index in [1.165, 1.54) is 6.33 Å². The number of nitrogens with zero attached hydrogens (tertiary/aromatic N) is 2. The molecular formula is C33H24Cl2N2O7. The Hall–Kier alpha value is -4.70. The third kappa shape index (κ3) is 6.16. The first-order chi connectivity index (χ1) is 21.4. The molecule has 1 saturated heterocycles. The summed E-state index contributed by atoms with van der Waals surface area (Å²) in [5.74, 6) is -1.94. The number of rotatable bonds is 8. The average Bonchev–Trinajstić information content (AvgIpc) is 3.61. The lowest BCUT2D eigenvalue weighted by Crippen LogP contribution is -2.41. The van der Waals surface area contributed by atoms with Gasteiger partial charge in [-0.05, 0) is 48.5 Å². The van der Waals surface area contributed by atoms with Gasteiger partial charge in [-0.2, -0.15) is 0 Å². The highest BCUT2D eigenvalue weighted by molar-refractivity contribution is 6.42. The summed E-state index contributed by atoms with van der Waals surface area (Å²) in [7, 11) is 0. The van der Waals surface area contributed by atoms with E-state index in [0.29, 0.717) is 21.6 Å². The number of hydrogen-bond donors (Lipinski definition) is 0. The Labute approximate surface area is 261 Å². The molecule has 4 aromatic carbocycles. The fraction of sp³-hybridized carbons (Fsp3) is 0.152. The van der Waals surface area contributed by atoms with Crippen LogP contribution < -0.4 is 0 Å². The SMILES string of the molecule is O=C(OC[C@H]1O[C@@H](n2cnc3cc(Cl)c(Cl)cc32)[C@@H](OC(=O)c2ccccc2)[C@H]1OC(=O)c1ccccc1)c1ccccc1. The Morgan fingerprint density at radius 2 is 1.20 bits per heavy atom. The number of halogens is 2. The molecular weight excluding hydrogens is 607 g/mol. The highest BCUT2D eigenvalue weighted by Crippen LogP contribution is 2.38. The molecule has 0 amide bonds. The molecule has 5 aromatic rings. The summed E-state index contributed by atoms with van der Waals surface area (Å²) in [5.41, 5.74) is 1.93. The van der Waals surface area contributed by atoms with Gasteiger partial charge in [0.15, 0.2) is 18.4 Å². The van der Waals surface area contributed by atoms with Crippen molar-refractivity contribution in [2.24, 2.45) is 0 Å². The van der Waals surface area contributed by atoms with E-state index in [4.69, 9.17) is 42.1 Å². The van der Waals surface area contributed by atoms with Crippen LogP contribution in [0.25, 0.3) is 11.0 Å². The number of esters is 3. The fourth-order valence-corrected chi connectivity index (χ4v) is 5.22. The maximum atomic E-state index is 13.4. The first-order valence-corrected chi connectivity index (χ1v) is 14.4. The van der Waals surface area contributed by atoms with Crippen LogP contribution in [0.1, 0.15) is 37.3 Å². The van der Waals surface area contributed by atoms with Gasteiger partial charge in [0.05, 0.1) is 44.1 Å². The van der Waals surface area contributed by atoms with Gasteiger partial charge in [0.1, 0.15) is 12.7 Å². The summed E-state index contributed by atoms with van der Waals surface area (Å²) in [5, 5.41) is 0.585. The molecule has 0 unspecified atom stereocenters. The molecule has 44 heavy (non-hydrogen) atoms. The van der Waals surface area contributed by atoms with Crippen LogP contribution >= 0.6 is 23.2 Å². The number of imidazole rings is 1. The maximum Gasteiger partial charge on any atom is 0.338 e. The minimum Gasteiger partial charge on any atom is -0.459 e. The Kier molecular flexibility index (Phi) is 8.60. The molecule has 0 saturated carbocycles. The number of carbonyl (C=O) groups excluding carboxylic acids is 3. The van der Waals surface area contributed by atoms with Crippen molar-refractivity contribution in [1.29, 1.82) is 0 Å². The molecule has 1 aliphatic heterocycles. The third-order valence-electron chi connectivity index (χ3n) is 7.07. The van der Waals surface area contributed by atoms with Crippen LogP contribution in [0, 0.1) is 0 Å². The number of benzene rings is 4. The van der Waals surface area contributed by atoms with E-state index in [9.17, 15) is 14.4 Å². The highest BCUT2D eigenvalue weighted by Gasteiger charge is 2.51. The van der Waals surface area contributed by atoms with Gasteiger partial charge in [-0.1, -0.05) is 77.8 Å². The fourth-order valence-electron chi connectivity index (χ4n) is 4.91. The summed E-state index contributed by atoms with van der Waals surface area (Å²) in [6, 6.07) is 28.4. The second-order valence-electron chi connectivity index (χ2n) is 9.91. The molecule has 1 fully saturated rings. The lowest BCUT2D eigenvalue weighted by Gasteiger charge is -2.25. The largest absolute Gasteiger partial charge is 0.459 e. The normalized spacial score (nSPS) is 19.4. The molecule has 0 spiro atoms. The number of fused-ring (bicyclic) bond motifs is 1. The molecule has 11 heteroatoms. The molecule has 222 valence electrons. The second kappa shape index (κ2) is 12.9. The first kappa shape index (κ1) is 29.4. The van der Waals surface area contributed by atoms with E-state index in [0.717, 1.165) is 0 Å². The first-order valence-electron chi connectivity index (χ1n) is 13.6. The summed E-state index contributed by atoms with van der Waals surface area (Å²) >= 11 is 12.6. The standard InChI is InChI=1S/C33H24Cl2N2O7/c34-23-16-25-26(17-24(23)35)37(19-36-25)30-29(44-33(40)22-14-8-3-9-15-22)28(43-32(39)21-12-6-2-7-13-21)27(42-30)18-41-31(38)20-10-4-1-5-11-20/h1-17,19,27-30H,18H2/t27-,28+,29+,30-/m1/s1. The van der Waals surface area contributed by atoms with E-state index in [1.807, 2.05) is 0 Å². The van der Waals surface area contributed by atoms with Crippen molar-refractivity contribution in [2.45, 2.75) is 24.5 Å². The monoisotopic (exact) mass is 630 g/mol. The van der Waals surface area contributed by atoms with Gasteiger partial charge in [-0.25, -0.2) is 19.4 Å². The topological polar surface area (TPSA) is 106 Å². The number of carbonyl (C=O) groups is 3. The van der Waals surface area contributed by atoms with Crippen LogP contribution in [0.15, 0.2) is 109 Å². The minimum absolute atomic E-state index is 0.275. The molecule has 1 aliphatic rings. The van der Waals surface area contributed by atoms with E-state index in [2.05, 4.69) is 4.98 Å². The summed E-state index contributed by atoms with van der Waals surface area (Å²) in [6.07, 6.45) is -2.99. The molecule has 0 N–H and O–H groups in total. The zero-order chi connectivity index (χ0) is 30.6. The van der Waals surface area contributed by atoms with Gasteiger partial charge in [0.25, 0.3) is 0 Å². The van der Waals surface area contributed by atoms with Crippen molar-refractivity contribution in [3.8, 4) is 0 Å². The van der Waals surface area contributed by atoms with Gasteiger partial charge >= 0.3 is 17.9 Å². The van der Waals surface area contributed by atoms with Crippen LogP contribution in [0.4, 0.5) is 0 Å². The second-order valence-corrected chi connectivity index (χ2v) is 10.7. The molecule has 0 radical (unpaired) electrons. The summed E-state index contributed by atoms with van der Waals surface area (Å²) < 4.78 is 25.6. The molecule has 0 bridgehead atoms. The number of hydrogen-bond acceptors (Lipinski definition) is 8. The van der Waals surface area contributed by atoms with Crippen molar-refractivity contribution < 1.29 is 33.3 Å². The van der Waals surface area contributed by atoms with Crippen LogP contribution in [-0.2, 0) is 18.9 Å². The van der Waals surface area contributed by atoms with Gasteiger partial charge in [-0.3, -0.25) is 0 Å². The van der Waals surface area contributed by atoms with Crippen molar-refractivity contribution in [1.82, 2.24) is 9.55 Å². The van der Waals surface area contributed by atoms with E-state index in [-0.39, 0.29) is 22.8 Å². The van der Waals surface area contributed by atoms with Crippen LogP contribution in [0.3, 0.4) is 0 Å². The molecule has 2 heterocycles. The van der Waals surface area contributed by atoms with E-state index < -0.39 is 42.4 Å². The zero-order valence-corrected chi connectivity index (χ0v) is 24.4. The van der Waals surface area contributed by atoms with Gasteiger partial charge < -0.3 is 23.5 Å². The lowest BCUT2D eigenvalue weighted by molar-refractivity contribution is -0.0604. The van der Waals surface area contributed by atoms with Crippen LogP contribution in [-0.4, -0.2) is 52.4 Å². The van der Waals surface area contributed by atoms with Crippen molar-refractivity contribution in [3.05, 3.63) is 136 Å². The highest BCUT2D eigenvalue weighted by atomic mass is 35.5. The summed E-state index contributed by atoms with van der Waals surface area (Å²) in [4.78, 5) is 43.9. The third-order valence-corrected chi connectivity index (χ3v) is 7.79. The van der Waals surface area contributed by atoms with Crippen molar-refractivity contribution >= 4 is 52.1 Å². The van der Waals surface area contributed by atoms with Crippen LogP contribution in [0.5, 0.6) is 0 Å². The lowest BCUT2D eigenvalue weighted by atomic mass is 10.1. The molecule has 6 rings (SSSR count). The molecule has 0 aliphatic carbocycles. The molecule has 9 nitrogen and oxygen atoms in total. The Morgan fingerprint density at radius 3 is 1.77 bits per heavy atom. The zero-order valence-electron chi connectivity index (χ0n) is 22.9. The quantitative estimate of drug-likeness (QED) is 0.140. The smallest absolute Gasteiger partial charge is 0.338 e. The predicted octanol–water partition coefficient (Wildman–Crippen LogP) is 6.55. The molecule has 1 aromatic heterocycles. The van der Waals surface area contributed by atoms with Gasteiger partial charge in [-0.15, -0.1) is 0 Å². The molecule has 4 atom stereocenters. The Balaban J connectivity index is 1.38. The maximum absolute atomic E-state index is 13.4. The van der Waals surface area contributed by atoms with Crippen molar-refractivity contribution in [3.63, 3.8) is 0 Å². The Morgan fingerprint density at radius 1 is 0.705 bits per heavy atom. The predicted molar refractivity (Wildman–Crippen MR) is 162 cm³/mol. The van der Waals surface area contributed by atoms with Crippen molar-refractivity contribution in [2.75, 3.05) is 6.61 Å².